The molecular formula is C20H20N2O4S. The molecule has 1 amide bonds. The van der Waals surface area contributed by atoms with Crippen molar-refractivity contribution < 1.29 is 19.1 Å². The average molecular weight is 384 g/mol. The van der Waals surface area contributed by atoms with Crippen LogP contribution in [0.3, 0.4) is 0 Å². The molecule has 1 N–H and O–H groups in total. The summed E-state index contributed by atoms with van der Waals surface area (Å²) >= 11 is 1.03. The fraction of sp³-hybridized carbons (Fsp3) is 0.250. The second-order valence-electron chi connectivity index (χ2n) is 5.39. The molecule has 1 aromatic heterocycles. The molecule has 27 heavy (non-hydrogen) atoms. The molecule has 2 aromatic rings. The van der Waals surface area contributed by atoms with Crippen LogP contribution in [-0.4, -0.2) is 25.1 Å². The van der Waals surface area contributed by atoms with Crippen molar-refractivity contribution in [3.63, 3.8) is 0 Å². The summed E-state index contributed by atoms with van der Waals surface area (Å²) in [6.07, 6.45) is 3.00. The molecule has 6 nitrogen and oxygen atoms in total. The van der Waals surface area contributed by atoms with Gasteiger partial charge in [-0.25, -0.2) is 4.79 Å². The van der Waals surface area contributed by atoms with Gasteiger partial charge in [0.25, 0.3) is 0 Å². The molecule has 0 aliphatic rings. The van der Waals surface area contributed by atoms with Crippen molar-refractivity contribution in [2.45, 2.75) is 20.8 Å². The highest BCUT2D eigenvalue weighted by Gasteiger charge is 2.21. The standard InChI is InChI=1S/C20H20N2O4S/c1-4-25-16-9-7-6-8-14(16)10-11-17(23)22-19-15(12-21)13(3)18(27-19)20(24)26-5-2/h6-11H,4-5H2,1-3H3,(H,22,23)/b11-10+. The number of nitrogens with zero attached hydrogens (tertiary/aromatic N) is 1. The topological polar surface area (TPSA) is 88.4 Å². The predicted octanol–water partition coefficient (Wildman–Crippen LogP) is 4.16. The fourth-order valence-electron chi connectivity index (χ4n) is 2.35. The number of anilines is 1. The average Bonchev–Trinajstić information content (AvgIpc) is 2.96. The van der Waals surface area contributed by atoms with E-state index >= 15 is 0 Å². The molecule has 0 aliphatic heterocycles. The van der Waals surface area contributed by atoms with Gasteiger partial charge in [-0.3, -0.25) is 4.79 Å². The second-order valence-corrected chi connectivity index (χ2v) is 6.41. The monoisotopic (exact) mass is 384 g/mol. The van der Waals surface area contributed by atoms with Crippen LogP contribution in [0.25, 0.3) is 6.08 Å². The first-order valence-electron chi connectivity index (χ1n) is 8.43. The highest BCUT2D eigenvalue weighted by atomic mass is 32.1. The van der Waals surface area contributed by atoms with E-state index in [0.29, 0.717) is 27.8 Å². The van der Waals surface area contributed by atoms with E-state index < -0.39 is 11.9 Å². The lowest BCUT2D eigenvalue weighted by molar-refractivity contribution is -0.111. The Labute approximate surface area is 162 Å². The van der Waals surface area contributed by atoms with Crippen LogP contribution in [0.15, 0.2) is 30.3 Å². The van der Waals surface area contributed by atoms with Gasteiger partial charge < -0.3 is 14.8 Å². The van der Waals surface area contributed by atoms with Crippen LogP contribution >= 0.6 is 11.3 Å². The summed E-state index contributed by atoms with van der Waals surface area (Å²) in [6, 6.07) is 9.39. The fourth-order valence-corrected chi connectivity index (χ4v) is 3.41. The van der Waals surface area contributed by atoms with Crippen LogP contribution in [0.1, 0.15) is 40.2 Å². The quantitative estimate of drug-likeness (QED) is 0.572. The second kappa shape index (κ2) is 9.55. The third-order valence-corrected chi connectivity index (χ3v) is 4.78. The van der Waals surface area contributed by atoms with Crippen LogP contribution < -0.4 is 10.1 Å². The summed E-state index contributed by atoms with van der Waals surface area (Å²) < 4.78 is 10.5. The predicted molar refractivity (Wildman–Crippen MR) is 105 cm³/mol. The van der Waals surface area contributed by atoms with Crippen LogP contribution in [0, 0.1) is 18.3 Å². The van der Waals surface area contributed by atoms with Crippen molar-refractivity contribution in [1.82, 2.24) is 0 Å². The number of esters is 1. The molecule has 0 aliphatic carbocycles. The maximum atomic E-state index is 12.3. The number of carbonyl (C=O) groups is 2. The molecule has 0 saturated heterocycles. The third kappa shape index (κ3) is 4.96. The van der Waals surface area contributed by atoms with E-state index in [1.165, 1.54) is 6.08 Å². The van der Waals surface area contributed by atoms with E-state index in [1.54, 1.807) is 19.9 Å². The molecule has 0 fully saturated rings. The van der Waals surface area contributed by atoms with Gasteiger partial charge in [0.05, 0.1) is 18.8 Å². The number of hydrogen-bond acceptors (Lipinski definition) is 6. The van der Waals surface area contributed by atoms with E-state index in [0.717, 1.165) is 16.9 Å². The summed E-state index contributed by atoms with van der Waals surface area (Å²) in [7, 11) is 0. The minimum absolute atomic E-state index is 0.238. The lowest BCUT2D eigenvalue weighted by Crippen LogP contribution is -2.07. The van der Waals surface area contributed by atoms with Gasteiger partial charge in [0.2, 0.25) is 5.91 Å². The van der Waals surface area contributed by atoms with E-state index in [4.69, 9.17) is 9.47 Å². The lowest BCUT2D eigenvalue weighted by atomic mass is 10.1. The van der Waals surface area contributed by atoms with Gasteiger partial charge >= 0.3 is 5.97 Å². The zero-order chi connectivity index (χ0) is 19.8. The number of carbonyl (C=O) groups excluding carboxylic acids is 2. The van der Waals surface area contributed by atoms with Gasteiger partial charge in [-0.05, 0) is 38.5 Å². The number of nitrogens with one attached hydrogen (secondary N) is 1. The van der Waals surface area contributed by atoms with Crippen molar-refractivity contribution in [3.05, 3.63) is 51.9 Å². The minimum atomic E-state index is -0.502. The molecule has 0 saturated carbocycles. The Morgan fingerprint density at radius 2 is 2.00 bits per heavy atom. The molecular weight excluding hydrogens is 364 g/mol. The third-order valence-electron chi connectivity index (χ3n) is 3.59. The van der Waals surface area contributed by atoms with Gasteiger partial charge in [0.1, 0.15) is 21.7 Å². The minimum Gasteiger partial charge on any atom is -0.493 e. The van der Waals surface area contributed by atoms with Crippen LogP contribution in [0.2, 0.25) is 0 Å². The maximum Gasteiger partial charge on any atom is 0.348 e. The summed E-state index contributed by atoms with van der Waals surface area (Å²) in [5.74, 6) is -0.231. The molecule has 0 bridgehead atoms. The Bertz CT molecular complexity index is 909. The van der Waals surface area contributed by atoms with Gasteiger partial charge in [-0.2, -0.15) is 5.26 Å². The van der Waals surface area contributed by atoms with Crippen molar-refractivity contribution in [1.29, 1.82) is 5.26 Å². The van der Waals surface area contributed by atoms with Crippen molar-refractivity contribution in [3.8, 4) is 11.8 Å². The summed E-state index contributed by atoms with van der Waals surface area (Å²) in [5, 5.41) is 12.3. The largest absolute Gasteiger partial charge is 0.493 e. The maximum absolute atomic E-state index is 12.3. The van der Waals surface area contributed by atoms with Crippen LogP contribution in [-0.2, 0) is 9.53 Å². The molecule has 2 rings (SSSR count). The van der Waals surface area contributed by atoms with Crippen molar-refractivity contribution in [2.75, 3.05) is 18.5 Å². The number of amides is 1. The number of rotatable bonds is 7. The number of benzene rings is 1. The SMILES string of the molecule is CCOC(=O)c1sc(NC(=O)/C=C/c2ccccc2OCC)c(C#N)c1C. The number of nitriles is 1. The number of para-hydroxylation sites is 1. The van der Waals surface area contributed by atoms with E-state index in [1.807, 2.05) is 37.3 Å². The first-order valence-corrected chi connectivity index (χ1v) is 9.24. The first kappa shape index (κ1) is 20.2. The van der Waals surface area contributed by atoms with Crippen molar-refractivity contribution >= 4 is 34.3 Å². The Morgan fingerprint density at radius 1 is 1.26 bits per heavy atom. The summed E-state index contributed by atoms with van der Waals surface area (Å²) in [6.45, 7) is 6.01. The Balaban J connectivity index is 2.20. The zero-order valence-electron chi connectivity index (χ0n) is 15.4. The molecule has 0 unspecified atom stereocenters. The normalized spacial score (nSPS) is 10.4. The highest BCUT2D eigenvalue weighted by Crippen LogP contribution is 2.33. The summed E-state index contributed by atoms with van der Waals surface area (Å²) in [4.78, 5) is 24.6. The van der Waals surface area contributed by atoms with Crippen LogP contribution in [0.4, 0.5) is 5.00 Å². The van der Waals surface area contributed by atoms with Gasteiger partial charge in [0, 0.05) is 11.6 Å². The molecule has 0 spiro atoms. The smallest absolute Gasteiger partial charge is 0.348 e. The van der Waals surface area contributed by atoms with Gasteiger partial charge in [-0.1, -0.05) is 18.2 Å². The Kier molecular flexibility index (Phi) is 7.15. The molecule has 1 aromatic carbocycles. The molecule has 140 valence electrons. The number of hydrogen-bond donors (Lipinski definition) is 1. The van der Waals surface area contributed by atoms with Crippen LogP contribution in [0.5, 0.6) is 5.75 Å². The van der Waals surface area contributed by atoms with E-state index in [2.05, 4.69) is 5.32 Å². The first-order chi connectivity index (χ1) is 13.0. The lowest BCUT2D eigenvalue weighted by Gasteiger charge is -2.06. The molecule has 0 radical (unpaired) electrons. The number of thiophene rings is 1. The molecule has 7 heteroatoms. The number of ether oxygens (including phenoxy) is 2. The van der Waals surface area contributed by atoms with Gasteiger partial charge in [0.15, 0.2) is 0 Å². The van der Waals surface area contributed by atoms with E-state index in [9.17, 15) is 14.9 Å². The summed E-state index contributed by atoms with van der Waals surface area (Å²) in [5.41, 5.74) is 1.53. The van der Waals surface area contributed by atoms with Crippen molar-refractivity contribution in [2.24, 2.45) is 0 Å². The Hall–Kier alpha value is -3.11. The van der Waals surface area contributed by atoms with E-state index in [-0.39, 0.29) is 12.2 Å². The highest BCUT2D eigenvalue weighted by molar-refractivity contribution is 7.18. The van der Waals surface area contributed by atoms with Gasteiger partial charge in [-0.15, -0.1) is 11.3 Å². The Morgan fingerprint density at radius 3 is 2.67 bits per heavy atom. The molecule has 0 atom stereocenters. The molecule has 1 heterocycles. The zero-order valence-corrected chi connectivity index (χ0v) is 16.2.